The third-order valence-corrected chi connectivity index (χ3v) is 6.52. The first kappa shape index (κ1) is 30.4. The van der Waals surface area contributed by atoms with E-state index in [0.29, 0.717) is 13.0 Å². The molecule has 0 saturated heterocycles. The molecule has 2 N–H and O–H groups in total. The number of urea groups is 1. The topological polar surface area (TPSA) is 95.9 Å². The van der Waals surface area contributed by atoms with E-state index in [9.17, 15) is 19.5 Å². The number of amides is 2. The first-order valence-electron chi connectivity index (χ1n) is 13.8. The van der Waals surface area contributed by atoms with E-state index in [1.165, 1.54) is 4.90 Å². The van der Waals surface area contributed by atoms with E-state index in [4.69, 9.17) is 4.74 Å². The van der Waals surface area contributed by atoms with Gasteiger partial charge in [0.15, 0.2) is 0 Å². The average molecular weight is 545 g/mol. The van der Waals surface area contributed by atoms with Crippen LogP contribution in [0.4, 0.5) is 4.79 Å². The van der Waals surface area contributed by atoms with Crippen molar-refractivity contribution in [1.29, 1.82) is 0 Å². The highest BCUT2D eigenvalue weighted by Crippen LogP contribution is 2.28. The number of carbonyl (C=O) groups excluding carboxylic acids is 2. The molecule has 7 heteroatoms. The molecule has 212 valence electrons. The van der Waals surface area contributed by atoms with Gasteiger partial charge in [0.05, 0.1) is 12.5 Å². The molecule has 2 amide bonds. The Kier molecular flexibility index (Phi) is 11.3. The number of esters is 1. The van der Waals surface area contributed by atoms with Crippen LogP contribution in [0.25, 0.3) is 11.1 Å². The van der Waals surface area contributed by atoms with Crippen LogP contribution in [-0.4, -0.2) is 53.2 Å². The van der Waals surface area contributed by atoms with E-state index in [1.54, 1.807) is 13.8 Å². The van der Waals surface area contributed by atoms with Crippen LogP contribution in [0.3, 0.4) is 0 Å². The second-order valence-electron chi connectivity index (χ2n) is 10.7. The Hall–Kier alpha value is -4.13. The highest BCUT2D eigenvalue weighted by Gasteiger charge is 2.33. The number of carbonyl (C=O) groups is 3. The molecule has 0 heterocycles. The fraction of sp³-hybridized carbons (Fsp3) is 0.364. The van der Waals surface area contributed by atoms with Gasteiger partial charge >= 0.3 is 18.0 Å². The van der Waals surface area contributed by atoms with Gasteiger partial charge in [0, 0.05) is 19.0 Å². The van der Waals surface area contributed by atoms with Crippen molar-refractivity contribution in [3.05, 3.63) is 96.1 Å². The summed E-state index contributed by atoms with van der Waals surface area (Å²) in [6, 6.07) is 25.8. The third kappa shape index (κ3) is 9.26. The first-order valence-corrected chi connectivity index (χ1v) is 13.8. The Balaban J connectivity index is 1.88. The molecule has 2 atom stereocenters. The number of nitrogens with one attached hydrogen (secondary N) is 1. The van der Waals surface area contributed by atoms with Crippen LogP contribution in [-0.2, 0) is 20.7 Å². The Morgan fingerprint density at radius 2 is 1.40 bits per heavy atom. The van der Waals surface area contributed by atoms with Crippen molar-refractivity contribution in [2.75, 3.05) is 13.1 Å². The number of hydrogen-bond acceptors (Lipinski definition) is 4. The molecular formula is C33H40N2O5. The van der Waals surface area contributed by atoms with Gasteiger partial charge in [-0.15, -0.1) is 0 Å². The Labute approximate surface area is 237 Å². The molecule has 0 radical (unpaired) electrons. The molecule has 0 aliphatic rings. The van der Waals surface area contributed by atoms with E-state index < -0.39 is 29.9 Å². The smallest absolute Gasteiger partial charge is 0.326 e. The van der Waals surface area contributed by atoms with Crippen LogP contribution in [0.5, 0.6) is 0 Å². The van der Waals surface area contributed by atoms with Gasteiger partial charge in [0.25, 0.3) is 0 Å². The molecule has 0 saturated carbocycles. The minimum atomic E-state index is -1.19. The van der Waals surface area contributed by atoms with E-state index in [0.717, 1.165) is 22.3 Å². The number of carboxylic acids is 1. The number of carboxylic acid groups (broad SMARTS) is 1. The average Bonchev–Trinajstić information content (AvgIpc) is 2.93. The fourth-order valence-electron chi connectivity index (χ4n) is 4.67. The molecule has 0 aliphatic carbocycles. The molecule has 3 rings (SSSR count). The van der Waals surface area contributed by atoms with Crippen LogP contribution in [0, 0.1) is 5.92 Å². The van der Waals surface area contributed by atoms with E-state index in [2.05, 4.69) is 5.32 Å². The molecule has 40 heavy (non-hydrogen) atoms. The van der Waals surface area contributed by atoms with Gasteiger partial charge in [-0.25, -0.2) is 9.59 Å². The maximum atomic E-state index is 13.5. The summed E-state index contributed by atoms with van der Waals surface area (Å²) < 4.78 is 5.22. The molecule has 1 unspecified atom stereocenters. The first-order chi connectivity index (χ1) is 19.1. The summed E-state index contributed by atoms with van der Waals surface area (Å²) in [5, 5.41) is 13.1. The highest BCUT2D eigenvalue weighted by atomic mass is 16.5. The van der Waals surface area contributed by atoms with Gasteiger partial charge in [-0.3, -0.25) is 4.79 Å². The minimum Gasteiger partial charge on any atom is -0.480 e. The lowest BCUT2D eigenvalue weighted by atomic mass is 9.85. The van der Waals surface area contributed by atoms with Crippen molar-refractivity contribution in [3.8, 4) is 11.1 Å². The summed E-state index contributed by atoms with van der Waals surface area (Å²) in [5.74, 6) is -1.92. The third-order valence-electron chi connectivity index (χ3n) is 6.52. The summed E-state index contributed by atoms with van der Waals surface area (Å²) in [5.41, 5.74) is 3.87. The summed E-state index contributed by atoms with van der Waals surface area (Å²) in [4.78, 5) is 39.8. The molecule has 0 aromatic heterocycles. The molecule has 0 spiro atoms. The number of nitrogens with zero attached hydrogens (tertiary/aromatic N) is 1. The summed E-state index contributed by atoms with van der Waals surface area (Å²) >= 11 is 0. The molecule has 0 bridgehead atoms. The van der Waals surface area contributed by atoms with Gasteiger partial charge in [-0.2, -0.15) is 0 Å². The van der Waals surface area contributed by atoms with Crippen molar-refractivity contribution >= 4 is 18.0 Å². The van der Waals surface area contributed by atoms with E-state index in [-0.39, 0.29) is 25.0 Å². The summed E-state index contributed by atoms with van der Waals surface area (Å²) in [7, 11) is 0. The quantitative estimate of drug-likeness (QED) is 0.252. The van der Waals surface area contributed by atoms with Crippen molar-refractivity contribution in [3.63, 3.8) is 0 Å². The molecule has 3 aromatic rings. The molecule has 0 fully saturated rings. The van der Waals surface area contributed by atoms with Gasteiger partial charge in [-0.05, 0) is 48.4 Å². The van der Waals surface area contributed by atoms with E-state index in [1.807, 2.05) is 98.8 Å². The van der Waals surface area contributed by atoms with Crippen molar-refractivity contribution in [2.45, 2.75) is 58.6 Å². The molecule has 7 nitrogen and oxygen atoms in total. The zero-order valence-corrected chi connectivity index (χ0v) is 23.7. The van der Waals surface area contributed by atoms with Gasteiger partial charge in [0.1, 0.15) is 6.04 Å². The molecule has 0 aliphatic heterocycles. The molecular weight excluding hydrogens is 504 g/mol. The van der Waals surface area contributed by atoms with E-state index >= 15 is 0 Å². The largest absolute Gasteiger partial charge is 0.480 e. The van der Waals surface area contributed by atoms with Crippen molar-refractivity contribution in [2.24, 2.45) is 5.92 Å². The van der Waals surface area contributed by atoms with Gasteiger partial charge < -0.3 is 20.1 Å². The number of hydrogen-bond donors (Lipinski definition) is 2. The lowest BCUT2D eigenvalue weighted by molar-refractivity contribution is -0.147. The molecule has 3 aromatic carbocycles. The van der Waals surface area contributed by atoms with Crippen LogP contribution in [0.1, 0.15) is 51.2 Å². The van der Waals surface area contributed by atoms with Crippen LogP contribution in [0.15, 0.2) is 84.9 Å². The van der Waals surface area contributed by atoms with Crippen molar-refractivity contribution in [1.82, 2.24) is 10.2 Å². The lowest BCUT2D eigenvalue weighted by Gasteiger charge is -2.30. The van der Waals surface area contributed by atoms with Crippen LogP contribution < -0.4 is 5.32 Å². The highest BCUT2D eigenvalue weighted by molar-refractivity contribution is 5.84. The Morgan fingerprint density at radius 1 is 0.825 bits per heavy atom. The number of ether oxygens (including phenoxy) is 1. The van der Waals surface area contributed by atoms with Crippen molar-refractivity contribution < 1.29 is 24.2 Å². The lowest BCUT2D eigenvalue weighted by Crippen LogP contribution is -2.52. The van der Waals surface area contributed by atoms with Gasteiger partial charge in [0.2, 0.25) is 0 Å². The standard InChI is InChI=1S/C33H40N2O5/c1-23(2)22-35(20-19-30(36)40-24(3)4)33(39)34-31(32(37)38)29(21-25-11-7-5-8-12-25)28-17-15-27(16-18-28)26-13-9-6-10-14-26/h5-18,23-24,29,31H,19-22H2,1-4H3,(H,34,39)(H,37,38)/t29?,31-/m0/s1. The summed E-state index contributed by atoms with van der Waals surface area (Å²) in [6.45, 7) is 7.99. The van der Waals surface area contributed by atoms with Gasteiger partial charge in [-0.1, -0.05) is 98.8 Å². The Morgan fingerprint density at radius 3 is 1.95 bits per heavy atom. The van der Waals surface area contributed by atoms with Crippen LogP contribution >= 0.6 is 0 Å². The SMILES string of the molecule is CC(C)CN(CCC(=O)OC(C)C)C(=O)N[C@H](C(=O)O)C(Cc1ccccc1)c1ccc(-c2ccccc2)cc1. The number of rotatable bonds is 13. The van der Waals surface area contributed by atoms with Crippen LogP contribution in [0.2, 0.25) is 0 Å². The monoisotopic (exact) mass is 544 g/mol. The zero-order chi connectivity index (χ0) is 29.1. The predicted octanol–water partition coefficient (Wildman–Crippen LogP) is 6.14. The Bertz CT molecular complexity index is 1230. The summed E-state index contributed by atoms with van der Waals surface area (Å²) in [6.07, 6.45) is 0.210. The second kappa shape index (κ2) is 14.9. The minimum absolute atomic E-state index is 0.0322. The fourth-order valence-corrected chi connectivity index (χ4v) is 4.67. The number of aliphatic carboxylic acids is 1. The predicted molar refractivity (Wildman–Crippen MR) is 157 cm³/mol. The second-order valence-corrected chi connectivity index (χ2v) is 10.7. The maximum absolute atomic E-state index is 13.5. The normalized spacial score (nSPS) is 12.6. The number of benzene rings is 3. The maximum Gasteiger partial charge on any atom is 0.326 e. The zero-order valence-electron chi connectivity index (χ0n) is 23.7.